The molecule has 1 aliphatic heterocycles. The molecule has 0 saturated carbocycles. The third-order valence-electron chi connectivity index (χ3n) is 2.40. The lowest BCUT2D eigenvalue weighted by Crippen LogP contribution is -2.17. The van der Waals surface area contributed by atoms with E-state index >= 15 is 0 Å². The van der Waals surface area contributed by atoms with Crippen LogP contribution in [-0.2, 0) is 14.3 Å². The Balaban J connectivity index is 2.21. The molecule has 0 aromatic carbocycles. The van der Waals surface area contributed by atoms with Crippen LogP contribution in [0.25, 0.3) is 0 Å². The number of ether oxygens (including phenoxy) is 2. The zero-order chi connectivity index (χ0) is 11.1. The van der Waals surface area contributed by atoms with E-state index in [-0.39, 0.29) is 5.97 Å². The first-order chi connectivity index (χ1) is 7.24. The van der Waals surface area contributed by atoms with Crippen molar-refractivity contribution in [2.24, 2.45) is 0 Å². The van der Waals surface area contributed by atoms with Crippen molar-refractivity contribution < 1.29 is 14.3 Å². The van der Waals surface area contributed by atoms with Gasteiger partial charge in [0, 0.05) is 29.8 Å². The van der Waals surface area contributed by atoms with Crippen molar-refractivity contribution in [3.63, 3.8) is 0 Å². The summed E-state index contributed by atoms with van der Waals surface area (Å²) in [6.45, 7) is 3.53. The Morgan fingerprint density at radius 2 is 2.20 bits per heavy atom. The van der Waals surface area contributed by atoms with Crippen LogP contribution in [0, 0.1) is 0 Å². The topological polar surface area (TPSA) is 35.5 Å². The molecular formula is C11H18O3S. The summed E-state index contributed by atoms with van der Waals surface area (Å²) in [4.78, 5) is 11.1. The van der Waals surface area contributed by atoms with E-state index in [9.17, 15) is 4.79 Å². The molecule has 0 N–H and O–H groups in total. The second-order valence-corrected chi connectivity index (χ2v) is 4.86. The molecule has 0 unspecified atom stereocenters. The Morgan fingerprint density at radius 1 is 1.53 bits per heavy atom. The lowest BCUT2D eigenvalue weighted by Gasteiger charge is -2.20. The quantitative estimate of drug-likeness (QED) is 0.547. The molecule has 0 spiro atoms. The molecule has 86 valence electrons. The van der Waals surface area contributed by atoms with Crippen LogP contribution in [0.3, 0.4) is 0 Å². The Bertz CT molecular complexity index is 232. The highest BCUT2D eigenvalue weighted by molar-refractivity contribution is 8.00. The van der Waals surface area contributed by atoms with E-state index in [4.69, 9.17) is 4.74 Å². The number of thioether (sulfide) groups is 1. The lowest BCUT2D eigenvalue weighted by molar-refractivity contribution is -0.136. The van der Waals surface area contributed by atoms with Gasteiger partial charge in [-0.05, 0) is 19.8 Å². The largest absolute Gasteiger partial charge is 0.466 e. The average molecular weight is 230 g/mol. The van der Waals surface area contributed by atoms with Crippen LogP contribution in [0.15, 0.2) is 11.6 Å². The molecule has 0 aromatic rings. The van der Waals surface area contributed by atoms with E-state index in [0.29, 0.717) is 10.8 Å². The maximum Gasteiger partial charge on any atom is 0.333 e. The molecule has 0 amide bonds. The highest BCUT2D eigenvalue weighted by Crippen LogP contribution is 2.22. The summed E-state index contributed by atoms with van der Waals surface area (Å²) in [5.74, 6) is 0.647. The van der Waals surface area contributed by atoms with E-state index in [1.807, 2.05) is 17.8 Å². The molecule has 1 rings (SSSR count). The van der Waals surface area contributed by atoms with Crippen LogP contribution in [-0.4, -0.2) is 37.3 Å². The van der Waals surface area contributed by atoms with Gasteiger partial charge in [0.25, 0.3) is 0 Å². The van der Waals surface area contributed by atoms with Gasteiger partial charge in [-0.15, -0.1) is 0 Å². The summed E-state index contributed by atoms with van der Waals surface area (Å²) in [5.41, 5.74) is 0.692. The Labute approximate surface area is 95.2 Å². The highest BCUT2D eigenvalue weighted by atomic mass is 32.2. The fraction of sp³-hybridized carbons (Fsp3) is 0.727. The first kappa shape index (κ1) is 12.6. The second-order valence-electron chi connectivity index (χ2n) is 3.52. The normalized spacial score (nSPS) is 18.9. The smallest absolute Gasteiger partial charge is 0.333 e. The van der Waals surface area contributed by atoms with Crippen molar-refractivity contribution in [1.82, 2.24) is 0 Å². The number of methoxy groups -OCH3 is 1. The molecule has 0 aliphatic carbocycles. The van der Waals surface area contributed by atoms with E-state index in [1.54, 1.807) is 6.92 Å². The highest BCUT2D eigenvalue weighted by Gasteiger charge is 2.13. The average Bonchev–Trinajstić information content (AvgIpc) is 2.29. The van der Waals surface area contributed by atoms with Gasteiger partial charge >= 0.3 is 5.97 Å². The van der Waals surface area contributed by atoms with Crippen LogP contribution in [0.2, 0.25) is 0 Å². The van der Waals surface area contributed by atoms with Gasteiger partial charge in [0.05, 0.1) is 7.11 Å². The van der Waals surface area contributed by atoms with Crippen LogP contribution in [0.4, 0.5) is 0 Å². The van der Waals surface area contributed by atoms with Gasteiger partial charge in [-0.1, -0.05) is 6.08 Å². The van der Waals surface area contributed by atoms with Gasteiger partial charge in [-0.3, -0.25) is 0 Å². The fourth-order valence-electron chi connectivity index (χ4n) is 1.40. The van der Waals surface area contributed by atoms with Gasteiger partial charge in [0.2, 0.25) is 0 Å². The first-order valence-electron chi connectivity index (χ1n) is 5.18. The summed E-state index contributed by atoms with van der Waals surface area (Å²) in [5, 5.41) is 0.681. The number of rotatable bonds is 4. The number of carbonyl (C=O) groups is 1. The maximum atomic E-state index is 11.1. The van der Waals surface area contributed by atoms with Gasteiger partial charge in [0.15, 0.2) is 0 Å². The Hall–Kier alpha value is -0.480. The predicted octanol–water partition coefficient (Wildman–Crippen LogP) is 2.02. The van der Waals surface area contributed by atoms with Gasteiger partial charge in [-0.25, -0.2) is 4.79 Å². The van der Waals surface area contributed by atoms with Crippen molar-refractivity contribution >= 4 is 17.7 Å². The molecule has 1 aliphatic rings. The minimum absolute atomic E-state index is 0.234. The molecule has 15 heavy (non-hydrogen) atoms. The molecule has 0 atom stereocenters. The SMILES string of the molecule is COC(=O)C(C)=CCSC1CCOCC1. The minimum atomic E-state index is -0.234. The van der Waals surface area contributed by atoms with Crippen molar-refractivity contribution in [2.75, 3.05) is 26.1 Å². The van der Waals surface area contributed by atoms with Crippen molar-refractivity contribution in [3.05, 3.63) is 11.6 Å². The summed E-state index contributed by atoms with van der Waals surface area (Å²) >= 11 is 1.89. The first-order valence-corrected chi connectivity index (χ1v) is 6.23. The number of carbonyl (C=O) groups excluding carboxylic acids is 1. The van der Waals surface area contributed by atoms with Gasteiger partial charge < -0.3 is 9.47 Å². The molecule has 1 heterocycles. The van der Waals surface area contributed by atoms with E-state index in [1.165, 1.54) is 7.11 Å². The standard InChI is InChI=1S/C11H18O3S/c1-9(11(12)13-2)5-8-15-10-3-6-14-7-4-10/h5,10H,3-4,6-8H2,1-2H3. The zero-order valence-electron chi connectivity index (χ0n) is 9.32. The lowest BCUT2D eigenvalue weighted by atomic mass is 10.2. The van der Waals surface area contributed by atoms with E-state index in [0.717, 1.165) is 31.8 Å². The fourth-order valence-corrected chi connectivity index (χ4v) is 2.54. The van der Waals surface area contributed by atoms with Crippen molar-refractivity contribution in [3.8, 4) is 0 Å². The third kappa shape index (κ3) is 4.71. The van der Waals surface area contributed by atoms with Crippen LogP contribution < -0.4 is 0 Å². The Kier molecular flexibility index (Phi) is 5.79. The molecule has 0 radical (unpaired) electrons. The summed E-state index contributed by atoms with van der Waals surface area (Å²) in [6, 6.07) is 0. The molecule has 0 aromatic heterocycles. The van der Waals surface area contributed by atoms with Crippen molar-refractivity contribution in [2.45, 2.75) is 25.0 Å². The van der Waals surface area contributed by atoms with Crippen molar-refractivity contribution in [1.29, 1.82) is 0 Å². The predicted molar refractivity (Wildman–Crippen MR) is 62.1 cm³/mol. The van der Waals surface area contributed by atoms with Crippen LogP contribution in [0.1, 0.15) is 19.8 Å². The van der Waals surface area contributed by atoms with Crippen LogP contribution in [0.5, 0.6) is 0 Å². The molecule has 1 saturated heterocycles. The molecule has 0 bridgehead atoms. The number of hydrogen-bond acceptors (Lipinski definition) is 4. The summed E-state index contributed by atoms with van der Waals surface area (Å²) in [6.07, 6.45) is 4.18. The van der Waals surface area contributed by atoms with Gasteiger partial charge in [-0.2, -0.15) is 11.8 Å². The summed E-state index contributed by atoms with van der Waals surface area (Å²) < 4.78 is 9.90. The third-order valence-corrected chi connectivity index (χ3v) is 3.70. The van der Waals surface area contributed by atoms with Crippen LogP contribution >= 0.6 is 11.8 Å². The molecule has 3 nitrogen and oxygen atoms in total. The number of hydrogen-bond donors (Lipinski definition) is 0. The van der Waals surface area contributed by atoms with Gasteiger partial charge in [0.1, 0.15) is 0 Å². The molecule has 1 fully saturated rings. The molecule has 4 heteroatoms. The maximum absolute atomic E-state index is 11.1. The number of esters is 1. The summed E-state index contributed by atoms with van der Waals surface area (Å²) in [7, 11) is 1.41. The monoisotopic (exact) mass is 230 g/mol. The Morgan fingerprint density at radius 3 is 2.80 bits per heavy atom. The molecular weight excluding hydrogens is 212 g/mol. The minimum Gasteiger partial charge on any atom is -0.466 e. The van der Waals surface area contributed by atoms with E-state index < -0.39 is 0 Å². The zero-order valence-corrected chi connectivity index (χ0v) is 10.1. The van der Waals surface area contributed by atoms with E-state index in [2.05, 4.69) is 4.74 Å². The second kappa shape index (κ2) is 6.90.